The molecule has 1 aliphatic rings. The third kappa shape index (κ3) is 4.41. The average molecular weight is 323 g/mol. The molecule has 5 nitrogen and oxygen atoms in total. The van der Waals surface area contributed by atoms with E-state index in [-0.39, 0.29) is 6.10 Å². The topological polar surface area (TPSA) is 56.3 Å². The minimum absolute atomic E-state index is 0.251. The van der Waals surface area contributed by atoms with Crippen molar-refractivity contribution in [2.24, 2.45) is 0 Å². The molecule has 1 aliphatic heterocycles. The summed E-state index contributed by atoms with van der Waals surface area (Å²) < 4.78 is 11.6. The van der Waals surface area contributed by atoms with Crippen molar-refractivity contribution in [2.45, 2.75) is 23.8 Å². The van der Waals surface area contributed by atoms with Gasteiger partial charge in [0, 0.05) is 11.4 Å². The molecule has 1 aromatic carbocycles. The SMILES string of the molecule is Cc1ccc(Nc2nnc(SC[C@H]3CCOCO3)s2)cc1. The van der Waals surface area contributed by atoms with E-state index in [0.717, 1.165) is 33.9 Å². The molecule has 0 aliphatic carbocycles. The number of benzene rings is 1. The fourth-order valence-electron chi connectivity index (χ4n) is 1.88. The molecule has 21 heavy (non-hydrogen) atoms. The second-order valence-electron chi connectivity index (χ2n) is 4.78. The third-order valence-corrected chi connectivity index (χ3v) is 5.18. The maximum absolute atomic E-state index is 5.51. The van der Waals surface area contributed by atoms with Gasteiger partial charge in [-0.3, -0.25) is 0 Å². The van der Waals surface area contributed by atoms with E-state index in [1.54, 1.807) is 23.1 Å². The lowest BCUT2D eigenvalue weighted by atomic mass is 10.2. The number of aromatic nitrogens is 2. The van der Waals surface area contributed by atoms with Gasteiger partial charge < -0.3 is 14.8 Å². The van der Waals surface area contributed by atoms with Gasteiger partial charge in [-0.15, -0.1) is 10.2 Å². The van der Waals surface area contributed by atoms with Crippen molar-refractivity contribution in [1.29, 1.82) is 0 Å². The van der Waals surface area contributed by atoms with Crippen LogP contribution in [0.2, 0.25) is 0 Å². The second-order valence-corrected chi connectivity index (χ2v) is 7.02. The van der Waals surface area contributed by atoms with Crippen molar-refractivity contribution in [3.05, 3.63) is 29.8 Å². The maximum Gasteiger partial charge on any atom is 0.210 e. The Kier molecular flexibility index (Phi) is 5.08. The van der Waals surface area contributed by atoms with Crippen LogP contribution in [0.1, 0.15) is 12.0 Å². The number of anilines is 2. The summed E-state index contributed by atoms with van der Waals surface area (Å²) in [5, 5.41) is 12.4. The molecule has 2 aromatic rings. The third-order valence-electron chi connectivity index (χ3n) is 3.07. The predicted molar refractivity (Wildman–Crippen MR) is 85.4 cm³/mol. The summed E-state index contributed by atoms with van der Waals surface area (Å²) in [7, 11) is 0. The van der Waals surface area contributed by atoms with Crippen LogP contribution >= 0.6 is 23.1 Å². The van der Waals surface area contributed by atoms with Crippen LogP contribution in [0.5, 0.6) is 0 Å². The van der Waals surface area contributed by atoms with Crippen LogP contribution < -0.4 is 5.32 Å². The highest BCUT2D eigenvalue weighted by Crippen LogP contribution is 2.29. The fraction of sp³-hybridized carbons (Fsp3) is 0.429. The first-order valence-corrected chi connectivity index (χ1v) is 8.59. The van der Waals surface area contributed by atoms with Crippen LogP contribution in [0.3, 0.4) is 0 Å². The van der Waals surface area contributed by atoms with E-state index in [2.05, 4.69) is 34.6 Å². The molecule has 3 rings (SSSR count). The van der Waals surface area contributed by atoms with Crippen LogP contribution in [0.15, 0.2) is 28.6 Å². The van der Waals surface area contributed by atoms with Gasteiger partial charge in [0.15, 0.2) is 4.34 Å². The summed E-state index contributed by atoms with van der Waals surface area (Å²) in [6.07, 6.45) is 1.20. The van der Waals surface area contributed by atoms with Crippen LogP contribution in [0, 0.1) is 6.92 Å². The highest BCUT2D eigenvalue weighted by Gasteiger charge is 2.15. The van der Waals surface area contributed by atoms with Crippen molar-refractivity contribution in [3.8, 4) is 0 Å². The zero-order valence-electron chi connectivity index (χ0n) is 11.7. The largest absolute Gasteiger partial charge is 0.355 e. The van der Waals surface area contributed by atoms with Gasteiger partial charge in [0.2, 0.25) is 5.13 Å². The first-order valence-electron chi connectivity index (χ1n) is 6.79. The van der Waals surface area contributed by atoms with Crippen molar-refractivity contribution in [3.63, 3.8) is 0 Å². The molecular formula is C14H17N3O2S2. The average Bonchev–Trinajstić information content (AvgIpc) is 2.96. The molecule has 1 fully saturated rings. The lowest BCUT2D eigenvalue weighted by Crippen LogP contribution is -2.25. The van der Waals surface area contributed by atoms with E-state index in [1.807, 2.05) is 12.1 Å². The van der Waals surface area contributed by atoms with Gasteiger partial charge in [-0.2, -0.15) is 0 Å². The predicted octanol–water partition coefficient (Wildman–Crippen LogP) is 3.45. The quantitative estimate of drug-likeness (QED) is 0.851. The Morgan fingerprint density at radius 2 is 2.19 bits per heavy atom. The Morgan fingerprint density at radius 3 is 2.95 bits per heavy atom. The molecule has 2 heterocycles. The zero-order chi connectivity index (χ0) is 14.5. The molecule has 0 unspecified atom stereocenters. The van der Waals surface area contributed by atoms with Crippen molar-refractivity contribution >= 4 is 33.9 Å². The Bertz CT molecular complexity index is 568. The van der Waals surface area contributed by atoms with Gasteiger partial charge >= 0.3 is 0 Å². The number of thioether (sulfide) groups is 1. The molecule has 1 N–H and O–H groups in total. The first-order chi connectivity index (χ1) is 10.3. The Balaban J connectivity index is 1.52. The maximum atomic E-state index is 5.51. The standard InChI is InChI=1S/C14H17N3O2S2/c1-10-2-4-11(5-3-10)15-13-16-17-14(21-13)20-8-12-6-7-18-9-19-12/h2-5,12H,6-9H2,1H3,(H,15,16)/t12-/m1/s1. The molecule has 1 atom stereocenters. The van der Waals surface area contributed by atoms with Crippen LogP contribution in [-0.2, 0) is 9.47 Å². The minimum atomic E-state index is 0.251. The van der Waals surface area contributed by atoms with Gasteiger partial charge in [-0.05, 0) is 25.5 Å². The zero-order valence-corrected chi connectivity index (χ0v) is 13.4. The highest BCUT2D eigenvalue weighted by molar-refractivity contribution is 8.01. The summed E-state index contributed by atoms with van der Waals surface area (Å²) >= 11 is 3.25. The molecule has 0 saturated carbocycles. The Labute approximate surface area is 132 Å². The lowest BCUT2D eigenvalue weighted by Gasteiger charge is -2.21. The van der Waals surface area contributed by atoms with Gasteiger partial charge in [-0.25, -0.2) is 0 Å². The summed E-state index contributed by atoms with van der Waals surface area (Å²) in [6.45, 7) is 3.25. The molecule has 112 valence electrons. The minimum Gasteiger partial charge on any atom is -0.355 e. The molecule has 0 bridgehead atoms. The van der Waals surface area contributed by atoms with Gasteiger partial charge in [0.05, 0.1) is 12.7 Å². The van der Waals surface area contributed by atoms with Gasteiger partial charge in [-0.1, -0.05) is 40.8 Å². The molecule has 0 spiro atoms. The normalized spacial score (nSPS) is 18.6. The van der Waals surface area contributed by atoms with Crippen molar-refractivity contribution < 1.29 is 9.47 Å². The van der Waals surface area contributed by atoms with Crippen LogP contribution in [-0.4, -0.2) is 35.5 Å². The van der Waals surface area contributed by atoms with Gasteiger partial charge in [0.25, 0.3) is 0 Å². The lowest BCUT2D eigenvalue weighted by molar-refractivity contribution is -0.130. The van der Waals surface area contributed by atoms with Crippen LogP contribution in [0.4, 0.5) is 10.8 Å². The second kappa shape index (κ2) is 7.22. The number of hydrogen-bond acceptors (Lipinski definition) is 7. The molecule has 0 amide bonds. The van der Waals surface area contributed by atoms with E-state index < -0.39 is 0 Å². The van der Waals surface area contributed by atoms with Crippen molar-refractivity contribution in [2.75, 3.05) is 24.5 Å². The van der Waals surface area contributed by atoms with Gasteiger partial charge in [0.1, 0.15) is 6.79 Å². The van der Waals surface area contributed by atoms with E-state index in [0.29, 0.717) is 6.79 Å². The summed E-state index contributed by atoms with van der Waals surface area (Å²) in [5.74, 6) is 0.891. The number of ether oxygens (including phenoxy) is 2. The monoisotopic (exact) mass is 323 g/mol. The molecule has 1 aromatic heterocycles. The van der Waals surface area contributed by atoms with E-state index in [9.17, 15) is 0 Å². The number of hydrogen-bond donors (Lipinski definition) is 1. The number of nitrogens with one attached hydrogen (secondary N) is 1. The van der Waals surface area contributed by atoms with Crippen molar-refractivity contribution in [1.82, 2.24) is 10.2 Å². The summed E-state index contributed by atoms with van der Waals surface area (Å²) in [4.78, 5) is 0. The molecule has 1 saturated heterocycles. The number of rotatable bonds is 5. The molecule has 0 radical (unpaired) electrons. The number of nitrogens with zero attached hydrogens (tertiary/aromatic N) is 2. The van der Waals surface area contributed by atoms with Crippen LogP contribution in [0.25, 0.3) is 0 Å². The summed E-state index contributed by atoms with van der Waals surface area (Å²) in [6, 6.07) is 8.22. The highest BCUT2D eigenvalue weighted by atomic mass is 32.2. The van der Waals surface area contributed by atoms with E-state index in [4.69, 9.17) is 9.47 Å². The first kappa shape index (κ1) is 14.8. The number of aryl methyl sites for hydroxylation is 1. The fourth-order valence-corrected chi connectivity index (χ4v) is 3.74. The molecular weight excluding hydrogens is 306 g/mol. The molecule has 7 heteroatoms. The van der Waals surface area contributed by atoms with E-state index in [1.165, 1.54) is 5.56 Å². The summed E-state index contributed by atoms with van der Waals surface area (Å²) in [5.41, 5.74) is 2.27. The Hall–Kier alpha value is -1.15. The smallest absolute Gasteiger partial charge is 0.210 e. The van der Waals surface area contributed by atoms with E-state index >= 15 is 0 Å². The Morgan fingerprint density at radius 1 is 1.33 bits per heavy atom.